The summed E-state index contributed by atoms with van der Waals surface area (Å²) in [6.07, 6.45) is 0. The molecule has 1 heterocycles. The van der Waals surface area contributed by atoms with Gasteiger partial charge in [-0.1, -0.05) is 53.0 Å². The first-order valence-electron chi connectivity index (χ1n) is 5.62. The Morgan fingerprint density at radius 3 is 2.37 bits per heavy atom. The van der Waals surface area contributed by atoms with E-state index < -0.39 is 0 Å². The van der Waals surface area contributed by atoms with Gasteiger partial charge in [-0.25, -0.2) is 0 Å². The van der Waals surface area contributed by atoms with Gasteiger partial charge >= 0.3 is 0 Å². The third-order valence-corrected chi connectivity index (χ3v) is 4.13. The molecule has 0 unspecified atom stereocenters. The standard InChI is InChI=1S/C14H8Cl3NO/c15-10-5-12(17)13(6-11(10)16)18-7-8-3-1-2-4-9(8)14(18)19/h1-6H,7H2. The summed E-state index contributed by atoms with van der Waals surface area (Å²) in [5.41, 5.74) is 2.26. The van der Waals surface area contributed by atoms with Gasteiger partial charge in [-0.3, -0.25) is 4.79 Å². The molecule has 0 spiro atoms. The van der Waals surface area contributed by atoms with Crippen molar-refractivity contribution in [3.05, 3.63) is 62.6 Å². The molecule has 2 aromatic carbocycles. The highest BCUT2D eigenvalue weighted by Crippen LogP contribution is 2.38. The summed E-state index contributed by atoms with van der Waals surface area (Å²) in [6, 6.07) is 10.7. The highest BCUT2D eigenvalue weighted by Gasteiger charge is 2.29. The molecule has 2 aromatic rings. The van der Waals surface area contributed by atoms with Gasteiger partial charge in [0.25, 0.3) is 5.91 Å². The molecule has 0 saturated heterocycles. The first-order chi connectivity index (χ1) is 9.08. The topological polar surface area (TPSA) is 20.3 Å². The summed E-state index contributed by atoms with van der Waals surface area (Å²) in [5.74, 6) is -0.0733. The zero-order chi connectivity index (χ0) is 13.6. The molecule has 1 aliphatic rings. The second kappa shape index (κ2) is 4.71. The van der Waals surface area contributed by atoms with Gasteiger partial charge in [-0.2, -0.15) is 0 Å². The number of rotatable bonds is 1. The maximum Gasteiger partial charge on any atom is 0.258 e. The average Bonchev–Trinajstić information content (AvgIpc) is 2.72. The van der Waals surface area contributed by atoms with Crippen LogP contribution in [0.2, 0.25) is 15.1 Å². The lowest BCUT2D eigenvalue weighted by Gasteiger charge is -2.18. The molecule has 0 radical (unpaired) electrons. The maximum absolute atomic E-state index is 12.3. The van der Waals surface area contributed by atoms with E-state index in [2.05, 4.69) is 0 Å². The minimum absolute atomic E-state index is 0.0733. The molecule has 0 fully saturated rings. The number of nitrogens with zero attached hydrogens (tertiary/aromatic N) is 1. The summed E-state index contributed by atoms with van der Waals surface area (Å²) in [5, 5.41) is 1.17. The Labute approximate surface area is 125 Å². The lowest BCUT2D eigenvalue weighted by Crippen LogP contribution is -2.23. The molecule has 5 heteroatoms. The Hall–Kier alpha value is -1.22. The zero-order valence-electron chi connectivity index (χ0n) is 9.66. The second-order valence-electron chi connectivity index (χ2n) is 4.27. The van der Waals surface area contributed by atoms with E-state index in [-0.39, 0.29) is 5.91 Å². The van der Waals surface area contributed by atoms with Crippen LogP contribution in [0.3, 0.4) is 0 Å². The van der Waals surface area contributed by atoms with E-state index in [1.165, 1.54) is 0 Å². The predicted molar refractivity (Wildman–Crippen MR) is 78.4 cm³/mol. The predicted octanol–water partition coefficient (Wildman–Crippen LogP) is 4.81. The monoisotopic (exact) mass is 311 g/mol. The minimum atomic E-state index is -0.0733. The normalized spacial score (nSPS) is 13.8. The van der Waals surface area contributed by atoms with Gasteiger partial charge in [0.05, 0.1) is 27.3 Å². The fourth-order valence-electron chi connectivity index (χ4n) is 2.17. The molecule has 1 amide bonds. The fraction of sp³-hybridized carbons (Fsp3) is 0.0714. The molecular weight excluding hydrogens is 305 g/mol. The lowest BCUT2D eigenvalue weighted by molar-refractivity contribution is 0.0996. The highest BCUT2D eigenvalue weighted by molar-refractivity contribution is 6.44. The van der Waals surface area contributed by atoms with Crippen LogP contribution < -0.4 is 4.90 Å². The summed E-state index contributed by atoms with van der Waals surface area (Å²) in [6.45, 7) is 0.493. The first-order valence-corrected chi connectivity index (χ1v) is 6.75. The fourth-order valence-corrected chi connectivity index (χ4v) is 2.81. The molecule has 2 nitrogen and oxygen atoms in total. The number of amides is 1. The van der Waals surface area contributed by atoms with E-state index in [4.69, 9.17) is 34.8 Å². The van der Waals surface area contributed by atoms with Crippen LogP contribution in [0.25, 0.3) is 0 Å². The third kappa shape index (κ3) is 2.10. The van der Waals surface area contributed by atoms with Gasteiger partial charge in [0, 0.05) is 5.56 Å². The van der Waals surface area contributed by atoms with Crippen LogP contribution in [0.4, 0.5) is 5.69 Å². The summed E-state index contributed by atoms with van der Waals surface area (Å²) >= 11 is 18.0. The summed E-state index contributed by atoms with van der Waals surface area (Å²) in [7, 11) is 0. The zero-order valence-corrected chi connectivity index (χ0v) is 11.9. The molecule has 1 aliphatic heterocycles. The largest absolute Gasteiger partial charge is 0.302 e. The second-order valence-corrected chi connectivity index (χ2v) is 5.49. The van der Waals surface area contributed by atoms with Crippen LogP contribution in [0.1, 0.15) is 15.9 Å². The van der Waals surface area contributed by atoms with Gasteiger partial charge in [0.1, 0.15) is 0 Å². The molecule has 0 saturated carbocycles. The summed E-state index contributed by atoms with van der Waals surface area (Å²) in [4.78, 5) is 13.9. The van der Waals surface area contributed by atoms with E-state index in [0.717, 1.165) is 5.56 Å². The average molecular weight is 313 g/mol. The molecule has 19 heavy (non-hydrogen) atoms. The van der Waals surface area contributed by atoms with Crippen molar-refractivity contribution in [2.75, 3.05) is 4.90 Å². The molecule has 96 valence electrons. The Morgan fingerprint density at radius 1 is 0.947 bits per heavy atom. The van der Waals surface area contributed by atoms with Crippen molar-refractivity contribution in [3.8, 4) is 0 Å². The Kier molecular flexibility index (Phi) is 3.17. The lowest BCUT2D eigenvalue weighted by atomic mass is 10.1. The number of halogens is 3. The number of hydrogen-bond acceptors (Lipinski definition) is 1. The quantitative estimate of drug-likeness (QED) is 0.692. The van der Waals surface area contributed by atoms with E-state index in [9.17, 15) is 4.79 Å². The van der Waals surface area contributed by atoms with Gasteiger partial charge in [0.15, 0.2) is 0 Å². The van der Waals surface area contributed by atoms with Crippen molar-refractivity contribution in [1.29, 1.82) is 0 Å². The van der Waals surface area contributed by atoms with E-state index >= 15 is 0 Å². The number of benzene rings is 2. The molecule has 3 rings (SSSR count). The van der Waals surface area contributed by atoms with Crippen molar-refractivity contribution in [1.82, 2.24) is 0 Å². The van der Waals surface area contributed by atoms with Crippen molar-refractivity contribution in [2.45, 2.75) is 6.54 Å². The highest BCUT2D eigenvalue weighted by atomic mass is 35.5. The SMILES string of the molecule is O=C1c2ccccc2CN1c1cc(Cl)c(Cl)cc1Cl. The van der Waals surface area contributed by atoms with Crippen LogP contribution in [0.15, 0.2) is 36.4 Å². The van der Waals surface area contributed by atoms with Crippen LogP contribution in [-0.2, 0) is 6.54 Å². The van der Waals surface area contributed by atoms with Crippen molar-refractivity contribution < 1.29 is 4.79 Å². The summed E-state index contributed by atoms with van der Waals surface area (Å²) < 4.78 is 0. The van der Waals surface area contributed by atoms with Gasteiger partial charge in [0.2, 0.25) is 0 Å². The number of carbonyl (C=O) groups is 1. The minimum Gasteiger partial charge on any atom is -0.302 e. The van der Waals surface area contributed by atoms with Crippen LogP contribution in [0, 0.1) is 0 Å². The Morgan fingerprint density at radius 2 is 1.63 bits per heavy atom. The Bertz CT molecular complexity index is 684. The smallest absolute Gasteiger partial charge is 0.258 e. The van der Waals surface area contributed by atoms with Crippen LogP contribution in [-0.4, -0.2) is 5.91 Å². The molecule has 0 bridgehead atoms. The number of hydrogen-bond donors (Lipinski definition) is 0. The van der Waals surface area contributed by atoms with Gasteiger partial charge < -0.3 is 4.90 Å². The molecule has 0 N–H and O–H groups in total. The van der Waals surface area contributed by atoms with Crippen molar-refractivity contribution >= 4 is 46.4 Å². The van der Waals surface area contributed by atoms with Crippen LogP contribution in [0.5, 0.6) is 0 Å². The van der Waals surface area contributed by atoms with Crippen molar-refractivity contribution in [2.24, 2.45) is 0 Å². The van der Waals surface area contributed by atoms with Gasteiger partial charge in [-0.05, 0) is 23.8 Å². The molecule has 0 atom stereocenters. The van der Waals surface area contributed by atoms with E-state index in [0.29, 0.717) is 32.9 Å². The van der Waals surface area contributed by atoms with Crippen LogP contribution >= 0.6 is 34.8 Å². The number of carbonyl (C=O) groups excluding carboxylic acids is 1. The number of anilines is 1. The molecule has 0 aromatic heterocycles. The molecular formula is C14H8Cl3NO. The van der Waals surface area contributed by atoms with E-state index in [1.807, 2.05) is 24.3 Å². The maximum atomic E-state index is 12.3. The number of fused-ring (bicyclic) bond motifs is 1. The third-order valence-electron chi connectivity index (χ3n) is 3.10. The van der Waals surface area contributed by atoms with Gasteiger partial charge in [-0.15, -0.1) is 0 Å². The van der Waals surface area contributed by atoms with E-state index in [1.54, 1.807) is 17.0 Å². The Balaban J connectivity index is 2.07. The first kappa shape index (κ1) is 12.8. The van der Waals surface area contributed by atoms with Crippen molar-refractivity contribution in [3.63, 3.8) is 0 Å². The molecule has 0 aliphatic carbocycles.